The van der Waals surface area contributed by atoms with Crippen LogP contribution in [-0.4, -0.2) is 21.2 Å². The number of aromatic carboxylic acids is 1. The molecule has 0 radical (unpaired) electrons. The molecular formula is C31H23N3O4S. The maximum Gasteiger partial charge on any atom is 0.335 e. The summed E-state index contributed by atoms with van der Waals surface area (Å²) in [5, 5.41) is 13.4. The van der Waals surface area contributed by atoms with Crippen molar-refractivity contribution in [2.45, 2.75) is 12.1 Å². The molecule has 0 unspecified atom stereocenters. The molecule has 0 spiro atoms. The molecule has 3 aromatic carbocycles. The van der Waals surface area contributed by atoms with E-state index in [0.29, 0.717) is 27.9 Å². The van der Waals surface area contributed by atoms with Gasteiger partial charge in [0.25, 0.3) is 0 Å². The zero-order chi connectivity index (χ0) is 26.8. The lowest BCUT2D eigenvalue weighted by molar-refractivity contribution is 0.0697. The molecule has 2 N–H and O–H groups in total. The minimum absolute atomic E-state index is 0.194. The van der Waals surface area contributed by atoms with Crippen LogP contribution in [0.3, 0.4) is 0 Å². The van der Waals surface area contributed by atoms with E-state index in [0.717, 1.165) is 17.1 Å². The highest BCUT2D eigenvalue weighted by molar-refractivity contribution is 7.80. The summed E-state index contributed by atoms with van der Waals surface area (Å²) in [5.74, 6) is 1.71. The number of carboxylic acids is 1. The Labute approximate surface area is 230 Å². The number of nitrogens with one attached hydrogen (secondary N) is 1. The van der Waals surface area contributed by atoms with Crippen LogP contribution in [0, 0.1) is 0 Å². The van der Waals surface area contributed by atoms with Crippen LogP contribution in [0.15, 0.2) is 120 Å². The van der Waals surface area contributed by atoms with Crippen LogP contribution < -0.4 is 15.0 Å². The molecule has 0 amide bonds. The summed E-state index contributed by atoms with van der Waals surface area (Å²) in [6.07, 6.45) is 1.75. The molecule has 1 saturated heterocycles. The Kier molecular flexibility index (Phi) is 6.52. The SMILES string of the molecule is O=C(O)c1cccc(-c2ccc([C@@H]3[C@@H](c4ccccn4)NC(=S)N3c3ccc(Oc4ccccc4)cc3)o2)c1. The van der Waals surface area contributed by atoms with E-state index in [1.807, 2.05) is 95.9 Å². The fourth-order valence-electron chi connectivity index (χ4n) is 4.69. The summed E-state index contributed by atoms with van der Waals surface area (Å²) in [5.41, 5.74) is 2.56. The maximum atomic E-state index is 11.5. The Morgan fingerprint density at radius 1 is 0.897 bits per heavy atom. The minimum Gasteiger partial charge on any atom is -0.478 e. The van der Waals surface area contributed by atoms with E-state index in [4.69, 9.17) is 21.4 Å². The number of rotatable bonds is 7. The van der Waals surface area contributed by atoms with E-state index in [1.165, 1.54) is 0 Å². The first-order valence-electron chi connectivity index (χ1n) is 12.3. The van der Waals surface area contributed by atoms with Crippen LogP contribution in [-0.2, 0) is 0 Å². The van der Waals surface area contributed by atoms with Gasteiger partial charge in [0.05, 0.1) is 17.3 Å². The van der Waals surface area contributed by atoms with Gasteiger partial charge < -0.3 is 24.5 Å². The molecule has 1 aliphatic heterocycles. The van der Waals surface area contributed by atoms with Gasteiger partial charge in [0.1, 0.15) is 29.1 Å². The monoisotopic (exact) mass is 533 g/mol. The number of benzene rings is 3. The lowest BCUT2D eigenvalue weighted by atomic mass is 10.0. The van der Waals surface area contributed by atoms with Crippen LogP contribution in [0.1, 0.15) is 33.9 Å². The number of pyridine rings is 1. The van der Waals surface area contributed by atoms with Gasteiger partial charge in [0, 0.05) is 17.4 Å². The molecule has 2 aromatic heterocycles. The van der Waals surface area contributed by atoms with Crippen molar-refractivity contribution in [1.29, 1.82) is 0 Å². The molecule has 5 aromatic rings. The molecule has 3 heterocycles. The standard InChI is InChI=1S/C31H23N3O4S/c35-30(36)21-8-6-7-20(19-21)26-16-17-27(38-26)29-28(25-11-4-5-18-32-25)33-31(39)34(29)22-12-14-24(15-13-22)37-23-9-2-1-3-10-23/h1-19,28-29H,(H,33,39)(H,35,36)/t28-,29-/m1/s1. The molecule has 0 bridgehead atoms. The number of thiocarbonyl (C=S) groups is 1. The Balaban J connectivity index is 1.36. The van der Waals surface area contributed by atoms with Crippen molar-refractivity contribution < 1.29 is 19.1 Å². The zero-order valence-electron chi connectivity index (χ0n) is 20.6. The predicted octanol–water partition coefficient (Wildman–Crippen LogP) is 7.01. The second-order valence-electron chi connectivity index (χ2n) is 8.99. The summed E-state index contributed by atoms with van der Waals surface area (Å²) >= 11 is 5.81. The summed E-state index contributed by atoms with van der Waals surface area (Å²) in [7, 11) is 0. The zero-order valence-corrected chi connectivity index (χ0v) is 21.4. The van der Waals surface area contributed by atoms with Crippen molar-refractivity contribution in [3.63, 3.8) is 0 Å². The largest absolute Gasteiger partial charge is 0.478 e. The third-order valence-electron chi connectivity index (χ3n) is 6.50. The first-order valence-corrected chi connectivity index (χ1v) is 12.7. The molecule has 2 atom stereocenters. The summed E-state index contributed by atoms with van der Waals surface area (Å²) < 4.78 is 12.3. The topological polar surface area (TPSA) is 87.8 Å². The van der Waals surface area contributed by atoms with Gasteiger partial charge in [-0.3, -0.25) is 4.98 Å². The number of anilines is 1. The first-order chi connectivity index (χ1) is 19.1. The third kappa shape index (κ3) is 4.97. The van der Waals surface area contributed by atoms with Crippen molar-refractivity contribution in [2.24, 2.45) is 0 Å². The number of nitrogens with zero attached hydrogens (tertiary/aromatic N) is 2. The average molecular weight is 534 g/mol. The van der Waals surface area contributed by atoms with Crippen molar-refractivity contribution in [3.8, 4) is 22.8 Å². The molecule has 1 fully saturated rings. The van der Waals surface area contributed by atoms with Crippen molar-refractivity contribution in [1.82, 2.24) is 10.3 Å². The van der Waals surface area contributed by atoms with E-state index in [2.05, 4.69) is 10.3 Å². The van der Waals surface area contributed by atoms with E-state index < -0.39 is 5.97 Å². The van der Waals surface area contributed by atoms with Gasteiger partial charge in [0.15, 0.2) is 5.11 Å². The van der Waals surface area contributed by atoms with Crippen LogP contribution in [0.25, 0.3) is 11.3 Å². The Bertz CT molecular complexity index is 1620. The molecule has 39 heavy (non-hydrogen) atoms. The van der Waals surface area contributed by atoms with Gasteiger partial charge >= 0.3 is 5.97 Å². The van der Waals surface area contributed by atoms with Gasteiger partial charge in [-0.1, -0.05) is 36.4 Å². The second-order valence-corrected chi connectivity index (χ2v) is 9.38. The third-order valence-corrected chi connectivity index (χ3v) is 6.82. The van der Waals surface area contributed by atoms with Crippen molar-refractivity contribution >= 4 is 29.0 Å². The lowest BCUT2D eigenvalue weighted by Gasteiger charge is -2.26. The van der Waals surface area contributed by atoms with Crippen LogP contribution in [0.5, 0.6) is 11.5 Å². The van der Waals surface area contributed by atoms with Gasteiger partial charge in [-0.25, -0.2) is 4.79 Å². The number of carboxylic acid groups (broad SMARTS) is 1. The van der Waals surface area contributed by atoms with E-state index in [-0.39, 0.29) is 17.6 Å². The first kappa shape index (κ1) is 24.4. The predicted molar refractivity (Wildman–Crippen MR) is 152 cm³/mol. The van der Waals surface area contributed by atoms with E-state index in [1.54, 1.807) is 24.4 Å². The van der Waals surface area contributed by atoms with Crippen molar-refractivity contribution in [3.05, 3.63) is 132 Å². The van der Waals surface area contributed by atoms with Crippen LogP contribution >= 0.6 is 12.2 Å². The van der Waals surface area contributed by atoms with E-state index >= 15 is 0 Å². The molecular weight excluding hydrogens is 510 g/mol. The molecule has 192 valence electrons. The second kappa shape index (κ2) is 10.4. The minimum atomic E-state index is -0.991. The number of hydrogen-bond acceptors (Lipinski definition) is 5. The Morgan fingerprint density at radius 3 is 2.41 bits per heavy atom. The molecule has 8 heteroatoms. The highest BCUT2D eigenvalue weighted by Gasteiger charge is 2.42. The lowest BCUT2D eigenvalue weighted by Crippen LogP contribution is -2.29. The highest BCUT2D eigenvalue weighted by atomic mass is 32.1. The average Bonchev–Trinajstić information content (AvgIpc) is 3.59. The van der Waals surface area contributed by atoms with Gasteiger partial charge in [-0.2, -0.15) is 0 Å². The highest BCUT2D eigenvalue weighted by Crippen LogP contribution is 2.43. The summed E-state index contributed by atoms with van der Waals surface area (Å²) in [6.45, 7) is 0. The normalized spacial score (nSPS) is 16.6. The Hall–Kier alpha value is -4.95. The van der Waals surface area contributed by atoms with Gasteiger partial charge in [-0.05, 0) is 85.0 Å². The summed E-state index contributed by atoms with van der Waals surface area (Å²) in [4.78, 5) is 18.1. The number of hydrogen-bond donors (Lipinski definition) is 2. The number of carbonyl (C=O) groups is 1. The fourth-order valence-corrected chi connectivity index (χ4v) is 5.04. The molecule has 7 nitrogen and oxygen atoms in total. The number of aromatic nitrogens is 1. The molecule has 1 aliphatic rings. The van der Waals surface area contributed by atoms with Crippen LogP contribution in [0.4, 0.5) is 5.69 Å². The fraction of sp³-hybridized carbons (Fsp3) is 0.0645. The van der Waals surface area contributed by atoms with Gasteiger partial charge in [-0.15, -0.1) is 0 Å². The molecule has 0 saturated carbocycles. The molecule has 6 rings (SSSR count). The smallest absolute Gasteiger partial charge is 0.335 e. The van der Waals surface area contributed by atoms with Crippen LogP contribution in [0.2, 0.25) is 0 Å². The summed E-state index contributed by atoms with van der Waals surface area (Å²) in [6, 6.07) is 32.9. The number of para-hydroxylation sites is 1. The quantitative estimate of drug-likeness (QED) is 0.216. The van der Waals surface area contributed by atoms with E-state index in [9.17, 15) is 9.90 Å². The Morgan fingerprint density at radius 2 is 1.67 bits per heavy atom. The van der Waals surface area contributed by atoms with Gasteiger partial charge in [0.2, 0.25) is 0 Å². The maximum absolute atomic E-state index is 11.5. The molecule has 0 aliphatic carbocycles. The number of furan rings is 1. The van der Waals surface area contributed by atoms with Crippen molar-refractivity contribution in [2.75, 3.05) is 4.90 Å². The number of ether oxygens (including phenoxy) is 1.